The summed E-state index contributed by atoms with van der Waals surface area (Å²) in [6.45, 7) is 0. The number of pyridine rings is 1. The molecule has 4 nitrogen and oxygen atoms in total. The van der Waals surface area contributed by atoms with Gasteiger partial charge in [0.25, 0.3) is 6.43 Å². The predicted octanol–water partition coefficient (Wildman–Crippen LogP) is 2.48. The van der Waals surface area contributed by atoms with E-state index in [9.17, 15) is 13.6 Å². The first kappa shape index (κ1) is 12.5. The Morgan fingerprint density at radius 2 is 2.31 bits per heavy atom. The van der Waals surface area contributed by atoms with Crippen molar-refractivity contribution in [2.75, 3.05) is 0 Å². The molecule has 0 amide bonds. The largest absolute Gasteiger partial charge is 0.477 e. The number of hydrogen-bond acceptors (Lipinski definition) is 3. The van der Waals surface area contributed by atoms with Gasteiger partial charge in [0.2, 0.25) is 0 Å². The van der Waals surface area contributed by atoms with Gasteiger partial charge in [-0.05, 0) is 11.6 Å². The first-order valence-corrected chi connectivity index (χ1v) is 5.14. The van der Waals surface area contributed by atoms with Crippen LogP contribution in [0.1, 0.15) is 33.7 Å². The van der Waals surface area contributed by atoms with Crippen LogP contribution in [0.15, 0.2) is 6.07 Å². The third-order valence-corrected chi connectivity index (χ3v) is 2.44. The topological polar surface area (TPSA) is 74.0 Å². The lowest BCUT2D eigenvalue weighted by Gasteiger charge is -2.08. The number of carbonyl (C=O) groups is 1. The van der Waals surface area contributed by atoms with Crippen LogP contribution < -0.4 is 0 Å². The van der Waals surface area contributed by atoms with Crippen molar-refractivity contribution >= 4 is 21.9 Å². The van der Waals surface area contributed by atoms with E-state index in [2.05, 4.69) is 20.9 Å². The fourth-order valence-electron chi connectivity index (χ4n) is 1.16. The molecule has 84 valence electrons. The van der Waals surface area contributed by atoms with Crippen molar-refractivity contribution in [3.8, 4) is 6.07 Å². The Kier molecular flexibility index (Phi) is 3.90. The standard InChI is InChI=1S/C9H5BrF2N2O2/c10-2-4-1-5(9(15)16)14-6(3-13)7(4)8(11)12/h1,8H,2H2,(H,15,16). The number of halogens is 3. The number of rotatable bonds is 3. The minimum absolute atomic E-state index is 0.0319. The Labute approximate surface area is 97.7 Å². The summed E-state index contributed by atoms with van der Waals surface area (Å²) < 4.78 is 25.3. The molecule has 1 rings (SSSR count). The van der Waals surface area contributed by atoms with Crippen LogP contribution in [0, 0.1) is 11.3 Å². The number of carboxylic acid groups (broad SMARTS) is 1. The van der Waals surface area contributed by atoms with E-state index in [1.165, 1.54) is 6.07 Å². The molecule has 0 aliphatic heterocycles. The summed E-state index contributed by atoms with van der Waals surface area (Å²) >= 11 is 2.96. The summed E-state index contributed by atoms with van der Waals surface area (Å²) in [6, 6.07) is 2.50. The maximum Gasteiger partial charge on any atom is 0.354 e. The Morgan fingerprint density at radius 3 is 2.69 bits per heavy atom. The second kappa shape index (κ2) is 4.99. The molecule has 0 aromatic carbocycles. The van der Waals surface area contributed by atoms with E-state index >= 15 is 0 Å². The van der Waals surface area contributed by atoms with Crippen LogP contribution >= 0.6 is 15.9 Å². The summed E-state index contributed by atoms with van der Waals surface area (Å²) in [5, 5.41) is 17.4. The normalized spacial score (nSPS) is 10.2. The molecule has 7 heteroatoms. The van der Waals surface area contributed by atoms with Gasteiger partial charge < -0.3 is 5.11 Å². The summed E-state index contributed by atoms with van der Waals surface area (Å²) in [5.41, 5.74) is -1.44. The van der Waals surface area contributed by atoms with E-state index in [-0.39, 0.29) is 10.9 Å². The van der Waals surface area contributed by atoms with E-state index in [1.807, 2.05) is 0 Å². The first-order chi connectivity index (χ1) is 7.51. The molecule has 0 bridgehead atoms. The number of nitriles is 1. The molecule has 1 aromatic heterocycles. The highest BCUT2D eigenvalue weighted by Gasteiger charge is 2.21. The van der Waals surface area contributed by atoms with Crippen LogP contribution in [0.3, 0.4) is 0 Å². The van der Waals surface area contributed by atoms with Crippen molar-refractivity contribution in [2.24, 2.45) is 0 Å². The van der Waals surface area contributed by atoms with Gasteiger partial charge in [-0.1, -0.05) is 15.9 Å². The predicted molar refractivity (Wildman–Crippen MR) is 53.5 cm³/mol. The zero-order valence-electron chi connectivity index (χ0n) is 7.75. The van der Waals surface area contributed by atoms with Gasteiger partial charge in [0.1, 0.15) is 11.8 Å². The van der Waals surface area contributed by atoms with Crippen molar-refractivity contribution in [3.63, 3.8) is 0 Å². The summed E-state index contributed by atoms with van der Waals surface area (Å²) in [4.78, 5) is 14.0. The van der Waals surface area contributed by atoms with Crippen molar-refractivity contribution < 1.29 is 18.7 Å². The van der Waals surface area contributed by atoms with Crippen LogP contribution in [0.2, 0.25) is 0 Å². The van der Waals surface area contributed by atoms with Gasteiger partial charge in [-0.15, -0.1) is 0 Å². The zero-order chi connectivity index (χ0) is 12.3. The maximum absolute atomic E-state index is 12.6. The van der Waals surface area contributed by atoms with Crippen LogP contribution in [0.5, 0.6) is 0 Å². The van der Waals surface area contributed by atoms with Crippen molar-refractivity contribution in [1.29, 1.82) is 5.26 Å². The van der Waals surface area contributed by atoms with Gasteiger partial charge in [-0.3, -0.25) is 0 Å². The van der Waals surface area contributed by atoms with E-state index in [0.29, 0.717) is 0 Å². The quantitative estimate of drug-likeness (QED) is 0.868. The van der Waals surface area contributed by atoms with Gasteiger partial charge in [-0.2, -0.15) is 5.26 Å². The fourth-order valence-corrected chi connectivity index (χ4v) is 1.62. The van der Waals surface area contributed by atoms with Crippen LogP contribution in [0.4, 0.5) is 8.78 Å². The minimum Gasteiger partial charge on any atom is -0.477 e. The zero-order valence-corrected chi connectivity index (χ0v) is 9.33. The SMILES string of the molecule is N#Cc1nc(C(=O)O)cc(CBr)c1C(F)F. The Bertz CT molecular complexity index is 471. The number of nitrogens with zero attached hydrogens (tertiary/aromatic N) is 2. The van der Waals surface area contributed by atoms with E-state index in [1.54, 1.807) is 0 Å². The van der Waals surface area contributed by atoms with Gasteiger partial charge in [0.05, 0.1) is 5.56 Å². The molecule has 0 unspecified atom stereocenters. The van der Waals surface area contributed by atoms with Crippen LogP contribution in [-0.2, 0) is 5.33 Å². The molecule has 0 spiro atoms. The summed E-state index contributed by atoms with van der Waals surface area (Å²) in [7, 11) is 0. The molecule has 0 fully saturated rings. The first-order valence-electron chi connectivity index (χ1n) is 4.02. The number of aromatic carboxylic acids is 1. The number of hydrogen-bond donors (Lipinski definition) is 1. The Balaban J connectivity index is 3.51. The van der Waals surface area contributed by atoms with Crippen molar-refractivity contribution in [1.82, 2.24) is 4.98 Å². The Hall–Kier alpha value is -1.55. The molecule has 1 N–H and O–H groups in total. The Morgan fingerprint density at radius 1 is 1.69 bits per heavy atom. The lowest BCUT2D eigenvalue weighted by Crippen LogP contribution is -2.08. The molecule has 0 aliphatic carbocycles. The molecule has 0 radical (unpaired) electrons. The average molecular weight is 291 g/mol. The third kappa shape index (κ3) is 2.33. The molecular formula is C9H5BrF2N2O2. The van der Waals surface area contributed by atoms with Crippen LogP contribution in [0.25, 0.3) is 0 Å². The molecule has 0 aliphatic rings. The number of aromatic nitrogens is 1. The van der Waals surface area contributed by atoms with Gasteiger partial charge in [0, 0.05) is 5.33 Å². The van der Waals surface area contributed by atoms with E-state index < -0.39 is 29.3 Å². The van der Waals surface area contributed by atoms with Crippen molar-refractivity contribution in [2.45, 2.75) is 11.8 Å². The molecule has 0 saturated heterocycles. The molecule has 16 heavy (non-hydrogen) atoms. The molecule has 0 atom stereocenters. The molecule has 0 saturated carbocycles. The highest BCUT2D eigenvalue weighted by atomic mass is 79.9. The van der Waals surface area contributed by atoms with E-state index in [0.717, 1.165) is 6.07 Å². The molecule has 1 heterocycles. The third-order valence-electron chi connectivity index (χ3n) is 1.83. The molecule has 1 aromatic rings. The van der Waals surface area contributed by atoms with Gasteiger partial charge >= 0.3 is 5.97 Å². The minimum atomic E-state index is -2.86. The number of alkyl halides is 3. The average Bonchev–Trinajstić information content (AvgIpc) is 2.26. The summed E-state index contributed by atoms with van der Waals surface area (Å²) in [5.74, 6) is -1.36. The van der Waals surface area contributed by atoms with Gasteiger partial charge in [0.15, 0.2) is 5.69 Å². The fraction of sp³-hybridized carbons (Fsp3) is 0.222. The smallest absolute Gasteiger partial charge is 0.354 e. The lowest BCUT2D eigenvalue weighted by atomic mass is 10.1. The van der Waals surface area contributed by atoms with Gasteiger partial charge in [-0.25, -0.2) is 18.6 Å². The van der Waals surface area contributed by atoms with E-state index in [4.69, 9.17) is 10.4 Å². The molecular weight excluding hydrogens is 286 g/mol. The second-order valence-electron chi connectivity index (χ2n) is 2.78. The highest BCUT2D eigenvalue weighted by molar-refractivity contribution is 9.08. The second-order valence-corrected chi connectivity index (χ2v) is 3.34. The summed E-state index contributed by atoms with van der Waals surface area (Å²) in [6.07, 6.45) is -2.86. The van der Waals surface area contributed by atoms with Crippen molar-refractivity contribution in [3.05, 3.63) is 28.6 Å². The number of carboxylic acids is 1. The lowest BCUT2D eigenvalue weighted by molar-refractivity contribution is 0.0689. The monoisotopic (exact) mass is 290 g/mol. The van der Waals surface area contributed by atoms with Crippen LogP contribution in [-0.4, -0.2) is 16.1 Å². The maximum atomic E-state index is 12.6. The highest BCUT2D eigenvalue weighted by Crippen LogP contribution is 2.27.